The third-order valence-corrected chi connectivity index (χ3v) is 4.35. The van der Waals surface area contributed by atoms with Crippen molar-refractivity contribution < 1.29 is 4.90 Å². The van der Waals surface area contributed by atoms with Crippen LogP contribution in [-0.2, 0) is 19.5 Å². The lowest BCUT2D eigenvalue weighted by Crippen LogP contribution is -3.06. The van der Waals surface area contributed by atoms with E-state index in [0.29, 0.717) is 0 Å². The van der Waals surface area contributed by atoms with E-state index in [1.54, 1.807) is 10.5 Å². The molecule has 1 atom stereocenters. The fourth-order valence-corrected chi connectivity index (χ4v) is 3.07. The van der Waals surface area contributed by atoms with Gasteiger partial charge in [-0.15, -0.1) is 0 Å². The SMILES string of the molecule is CCc1ccc(C[NH+](C)Cc2cc(=O)n3c(C)cccc3n2)cc1. The lowest BCUT2D eigenvalue weighted by atomic mass is 10.1. The van der Waals surface area contributed by atoms with Crippen LogP contribution in [0.25, 0.3) is 5.65 Å². The maximum Gasteiger partial charge on any atom is 0.258 e. The molecule has 1 unspecified atom stereocenters. The highest BCUT2D eigenvalue weighted by atomic mass is 16.1. The van der Waals surface area contributed by atoms with Gasteiger partial charge in [-0.25, -0.2) is 4.98 Å². The molecule has 0 amide bonds. The number of quaternary nitrogens is 1. The summed E-state index contributed by atoms with van der Waals surface area (Å²) in [6, 6.07) is 16.2. The monoisotopic (exact) mass is 322 g/mol. The standard InChI is InChI=1S/C20H23N3O/c1-4-16-8-10-17(11-9-16)13-22(3)14-18-12-20(24)23-15(2)6-5-7-19(23)21-18/h5-12H,4,13-14H2,1-3H3/p+1. The molecule has 0 spiro atoms. The van der Waals surface area contributed by atoms with E-state index in [9.17, 15) is 4.79 Å². The van der Waals surface area contributed by atoms with Gasteiger partial charge in [0.25, 0.3) is 5.56 Å². The number of aryl methyl sites for hydroxylation is 2. The van der Waals surface area contributed by atoms with Gasteiger partial charge in [-0.2, -0.15) is 0 Å². The third kappa shape index (κ3) is 3.54. The summed E-state index contributed by atoms with van der Waals surface area (Å²) < 4.78 is 1.66. The zero-order valence-electron chi connectivity index (χ0n) is 14.5. The number of nitrogens with zero attached hydrogens (tertiary/aromatic N) is 2. The number of fused-ring (bicyclic) bond motifs is 1. The van der Waals surface area contributed by atoms with Crippen LogP contribution in [0.4, 0.5) is 0 Å². The van der Waals surface area contributed by atoms with Crippen molar-refractivity contribution in [3.05, 3.63) is 81.4 Å². The number of nitrogens with one attached hydrogen (secondary N) is 1. The summed E-state index contributed by atoms with van der Waals surface area (Å²) in [6.07, 6.45) is 1.06. The second kappa shape index (κ2) is 6.97. The van der Waals surface area contributed by atoms with Crippen molar-refractivity contribution >= 4 is 5.65 Å². The van der Waals surface area contributed by atoms with Crippen molar-refractivity contribution in [2.24, 2.45) is 0 Å². The Balaban J connectivity index is 1.77. The summed E-state index contributed by atoms with van der Waals surface area (Å²) >= 11 is 0. The predicted molar refractivity (Wildman–Crippen MR) is 96.3 cm³/mol. The van der Waals surface area contributed by atoms with Gasteiger partial charge in [-0.3, -0.25) is 9.20 Å². The van der Waals surface area contributed by atoms with E-state index >= 15 is 0 Å². The van der Waals surface area contributed by atoms with Crippen LogP contribution >= 0.6 is 0 Å². The van der Waals surface area contributed by atoms with Crippen molar-refractivity contribution in [3.63, 3.8) is 0 Å². The molecular formula is C20H24N3O+. The molecule has 0 saturated carbocycles. The van der Waals surface area contributed by atoms with Crippen LogP contribution in [0.5, 0.6) is 0 Å². The highest BCUT2D eigenvalue weighted by Gasteiger charge is 2.10. The highest BCUT2D eigenvalue weighted by Crippen LogP contribution is 2.05. The second-order valence-corrected chi connectivity index (χ2v) is 6.43. The average molecular weight is 322 g/mol. The quantitative estimate of drug-likeness (QED) is 0.778. The van der Waals surface area contributed by atoms with Crippen molar-refractivity contribution in [2.75, 3.05) is 7.05 Å². The maximum absolute atomic E-state index is 12.3. The van der Waals surface area contributed by atoms with Crippen LogP contribution in [0.15, 0.2) is 53.3 Å². The number of rotatable bonds is 5. The molecule has 3 rings (SSSR count). The Labute approximate surface area is 142 Å². The predicted octanol–water partition coefficient (Wildman–Crippen LogP) is 1.78. The molecule has 124 valence electrons. The van der Waals surface area contributed by atoms with Crippen molar-refractivity contribution in [3.8, 4) is 0 Å². The summed E-state index contributed by atoms with van der Waals surface area (Å²) in [6.45, 7) is 5.74. The largest absolute Gasteiger partial charge is 0.329 e. The Kier molecular flexibility index (Phi) is 4.76. The van der Waals surface area contributed by atoms with Gasteiger partial charge in [0.05, 0.1) is 7.05 Å². The molecule has 0 aliphatic rings. The number of hydrogen-bond acceptors (Lipinski definition) is 2. The number of aromatic nitrogens is 2. The van der Waals surface area contributed by atoms with Gasteiger partial charge in [0, 0.05) is 17.3 Å². The fourth-order valence-electron chi connectivity index (χ4n) is 3.07. The summed E-state index contributed by atoms with van der Waals surface area (Å²) in [5, 5.41) is 0. The topological polar surface area (TPSA) is 38.8 Å². The van der Waals surface area contributed by atoms with Gasteiger partial charge in [0.2, 0.25) is 0 Å². The molecular weight excluding hydrogens is 298 g/mol. The van der Waals surface area contributed by atoms with Gasteiger partial charge < -0.3 is 4.90 Å². The lowest BCUT2D eigenvalue weighted by molar-refractivity contribution is -0.908. The van der Waals surface area contributed by atoms with E-state index < -0.39 is 0 Å². The minimum Gasteiger partial charge on any atom is -0.329 e. The van der Waals surface area contributed by atoms with E-state index in [0.717, 1.165) is 36.5 Å². The molecule has 0 bridgehead atoms. The van der Waals surface area contributed by atoms with Crippen molar-refractivity contribution in [2.45, 2.75) is 33.4 Å². The second-order valence-electron chi connectivity index (χ2n) is 6.43. The smallest absolute Gasteiger partial charge is 0.258 e. The first-order chi connectivity index (χ1) is 11.6. The highest BCUT2D eigenvalue weighted by molar-refractivity contribution is 5.40. The molecule has 4 nitrogen and oxygen atoms in total. The van der Waals surface area contributed by atoms with Gasteiger partial charge in [0.1, 0.15) is 24.4 Å². The normalized spacial score (nSPS) is 12.5. The molecule has 3 aromatic rings. The Morgan fingerprint density at radius 2 is 1.75 bits per heavy atom. The van der Waals surface area contributed by atoms with E-state index in [1.807, 2.05) is 25.1 Å². The minimum atomic E-state index is -0.00630. The molecule has 2 heterocycles. The Morgan fingerprint density at radius 1 is 1.04 bits per heavy atom. The van der Waals surface area contributed by atoms with Gasteiger partial charge in [-0.1, -0.05) is 37.3 Å². The summed E-state index contributed by atoms with van der Waals surface area (Å²) in [7, 11) is 2.13. The zero-order valence-corrected chi connectivity index (χ0v) is 14.5. The fraction of sp³-hybridized carbons (Fsp3) is 0.300. The van der Waals surface area contributed by atoms with Crippen LogP contribution in [-0.4, -0.2) is 16.4 Å². The van der Waals surface area contributed by atoms with Crippen LogP contribution < -0.4 is 10.5 Å². The van der Waals surface area contributed by atoms with Gasteiger partial charge in [-0.05, 0) is 31.0 Å². The van der Waals surface area contributed by atoms with E-state index in [4.69, 9.17) is 0 Å². The molecule has 4 heteroatoms. The maximum atomic E-state index is 12.3. The van der Waals surface area contributed by atoms with Crippen LogP contribution in [0, 0.1) is 6.92 Å². The number of hydrogen-bond donors (Lipinski definition) is 1. The van der Waals surface area contributed by atoms with Gasteiger partial charge >= 0.3 is 0 Å². The number of benzene rings is 1. The van der Waals surface area contributed by atoms with Crippen LogP contribution in [0.3, 0.4) is 0 Å². The third-order valence-electron chi connectivity index (χ3n) is 4.35. The molecule has 0 aliphatic carbocycles. The average Bonchev–Trinajstić information content (AvgIpc) is 2.55. The van der Waals surface area contributed by atoms with Crippen molar-refractivity contribution in [1.82, 2.24) is 9.38 Å². The molecule has 0 aliphatic heterocycles. The summed E-state index contributed by atoms with van der Waals surface area (Å²) in [5.74, 6) is 0. The van der Waals surface area contributed by atoms with Crippen LogP contribution in [0.2, 0.25) is 0 Å². The molecule has 0 saturated heterocycles. The Bertz CT molecular complexity index is 897. The van der Waals surface area contributed by atoms with E-state index in [1.165, 1.54) is 16.0 Å². The molecule has 1 N–H and O–H groups in total. The molecule has 0 fully saturated rings. The molecule has 24 heavy (non-hydrogen) atoms. The van der Waals surface area contributed by atoms with E-state index in [-0.39, 0.29) is 5.56 Å². The summed E-state index contributed by atoms with van der Waals surface area (Å²) in [4.78, 5) is 18.3. The van der Waals surface area contributed by atoms with Crippen molar-refractivity contribution in [1.29, 1.82) is 0 Å². The van der Waals surface area contributed by atoms with E-state index in [2.05, 4.69) is 43.2 Å². The molecule has 2 aromatic heterocycles. The Hall–Kier alpha value is -2.46. The first-order valence-corrected chi connectivity index (χ1v) is 8.44. The lowest BCUT2D eigenvalue weighted by Gasteiger charge is -2.14. The first-order valence-electron chi connectivity index (χ1n) is 8.44. The Morgan fingerprint density at radius 3 is 2.46 bits per heavy atom. The molecule has 0 radical (unpaired) electrons. The minimum absolute atomic E-state index is 0.00630. The number of pyridine rings is 1. The molecule has 1 aromatic carbocycles. The summed E-state index contributed by atoms with van der Waals surface area (Å²) in [5.41, 5.74) is 5.13. The first kappa shape index (κ1) is 16.4. The van der Waals surface area contributed by atoms with Crippen LogP contribution in [0.1, 0.15) is 29.4 Å². The zero-order chi connectivity index (χ0) is 17.1. The van der Waals surface area contributed by atoms with Gasteiger partial charge in [0.15, 0.2) is 0 Å².